The molecule has 4 rings (SSSR count). The third kappa shape index (κ3) is 8.60. The molecule has 4 aromatic rings. The van der Waals surface area contributed by atoms with Gasteiger partial charge in [0.05, 0.1) is 24.0 Å². The molecule has 0 saturated heterocycles. The zero-order chi connectivity index (χ0) is 32.3. The second kappa shape index (κ2) is 16.4. The van der Waals surface area contributed by atoms with E-state index in [0.29, 0.717) is 32.0 Å². The molecule has 0 aliphatic heterocycles. The number of carbonyl (C=O) groups excluding carboxylic acids is 1. The predicted molar refractivity (Wildman–Crippen MR) is 182 cm³/mol. The maximum absolute atomic E-state index is 13.9. The van der Waals surface area contributed by atoms with Crippen molar-refractivity contribution in [1.82, 2.24) is 24.3 Å². The maximum atomic E-state index is 13.9. The van der Waals surface area contributed by atoms with Crippen LogP contribution in [0.5, 0.6) is 0 Å². The SMILES string of the molecule is CCCCc1nc2c(N)nc3ccccc3c2n1CCCN(Cc1cc(CC(=O)O)ccc1CC)C(=O)CN(CCC)CCC. The Balaban J connectivity index is 1.66. The van der Waals surface area contributed by atoms with Crippen LogP contribution in [0.25, 0.3) is 21.9 Å². The molecule has 0 aliphatic rings. The second-order valence-electron chi connectivity index (χ2n) is 12.0. The largest absolute Gasteiger partial charge is 0.481 e. The Morgan fingerprint density at radius 2 is 1.67 bits per heavy atom. The summed E-state index contributed by atoms with van der Waals surface area (Å²) < 4.78 is 2.29. The molecule has 9 nitrogen and oxygen atoms in total. The number of benzene rings is 2. The Morgan fingerprint density at radius 1 is 0.911 bits per heavy atom. The van der Waals surface area contributed by atoms with E-state index in [1.165, 1.54) is 0 Å². The summed E-state index contributed by atoms with van der Waals surface area (Å²) in [5.41, 5.74) is 11.9. The van der Waals surface area contributed by atoms with Crippen molar-refractivity contribution in [3.63, 3.8) is 0 Å². The van der Waals surface area contributed by atoms with Gasteiger partial charge in [0.15, 0.2) is 5.82 Å². The number of hydrogen-bond donors (Lipinski definition) is 2. The van der Waals surface area contributed by atoms with Gasteiger partial charge in [0.25, 0.3) is 0 Å². The minimum atomic E-state index is -0.859. The molecule has 0 fully saturated rings. The van der Waals surface area contributed by atoms with E-state index in [-0.39, 0.29) is 12.3 Å². The third-order valence-corrected chi connectivity index (χ3v) is 8.41. The highest BCUT2D eigenvalue weighted by Gasteiger charge is 2.21. The van der Waals surface area contributed by atoms with Gasteiger partial charge in [0.2, 0.25) is 5.91 Å². The summed E-state index contributed by atoms with van der Waals surface area (Å²) in [5, 5.41) is 10.4. The van der Waals surface area contributed by atoms with Crippen LogP contribution in [0.4, 0.5) is 5.82 Å². The normalized spacial score (nSPS) is 11.6. The van der Waals surface area contributed by atoms with Crippen LogP contribution in [0.1, 0.15) is 82.3 Å². The Hall–Kier alpha value is -3.98. The number of fused-ring (bicyclic) bond motifs is 3. The molecule has 0 bridgehead atoms. The summed E-state index contributed by atoms with van der Waals surface area (Å²) in [6, 6.07) is 13.9. The number of unbranched alkanes of at least 4 members (excludes halogenated alkanes) is 1. The van der Waals surface area contributed by atoms with Crippen LogP contribution in [0.3, 0.4) is 0 Å². The number of imidazole rings is 1. The molecule has 242 valence electrons. The highest BCUT2D eigenvalue weighted by molar-refractivity contribution is 6.06. The summed E-state index contributed by atoms with van der Waals surface area (Å²) in [6.07, 6.45) is 6.43. The minimum Gasteiger partial charge on any atom is -0.481 e. The van der Waals surface area contributed by atoms with Gasteiger partial charge in [0, 0.05) is 31.4 Å². The number of pyridine rings is 1. The summed E-state index contributed by atoms with van der Waals surface area (Å²) in [5.74, 6) is 0.685. The lowest BCUT2D eigenvalue weighted by atomic mass is 10.00. The van der Waals surface area contributed by atoms with Crippen molar-refractivity contribution in [2.45, 2.75) is 92.2 Å². The number of amides is 1. The Kier molecular flexibility index (Phi) is 12.3. The number of aromatic nitrogens is 3. The number of aryl methyl sites for hydroxylation is 3. The van der Waals surface area contributed by atoms with Crippen LogP contribution < -0.4 is 5.73 Å². The number of nitrogens with zero attached hydrogens (tertiary/aromatic N) is 5. The minimum absolute atomic E-state index is 0.0358. The molecule has 0 unspecified atom stereocenters. The fourth-order valence-electron chi connectivity index (χ4n) is 6.24. The van der Waals surface area contributed by atoms with Crippen LogP contribution in [-0.2, 0) is 41.9 Å². The van der Waals surface area contributed by atoms with Gasteiger partial charge >= 0.3 is 5.97 Å². The van der Waals surface area contributed by atoms with E-state index in [4.69, 9.17) is 10.7 Å². The molecule has 0 atom stereocenters. The monoisotopic (exact) mass is 614 g/mol. The first kappa shape index (κ1) is 33.9. The lowest BCUT2D eigenvalue weighted by molar-refractivity contribution is -0.136. The number of carbonyl (C=O) groups is 2. The molecule has 0 spiro atoms. The third-order valence-electron chi connectivity index (χ3n) is 8.41. The Morgan fingerprint density at radius 3 is 2.36 bits per heavy atom. The molecule has 0 saturated carbocycles. The van der Waals surface area contributed by atoms with Crippen LogP contribution in [0.15, 0.2) is 42.5 Å². The summed E-state index contributed by atoms with van der Waals surface area (Å²) in [6.45, 7) is 12.4. The number of hydrogen-bond acceptors (Lipinski definition) is 6. The van der Waals surface area contributed by atoms with Crippen molar-refractivity contribution in [3.8, 4) is 0 Å². The molecule has 2 heterocycles. The smallest absolute Gasteiger partial charge is 0.307 e. The number of nitrogen functional groups attached to an aromatic ring is 1. The van der Waals surface area contributed by atoms with Crippen molar-refractivity contribution in [2.75, 3.05) is 31.9 Å². The van der Waals surface area contributed by atoms with Gasteiger partial charge in [-0.25, -0.2) is 9.97 Å². The first-order valence-corrected chi connectivity index (χ1v) is 16.6. The van der Waals surface area contributed by atoms with Crippen molar-refractivity contribution < 1.29 is 14.7 Å². The first-order chi connectivity index (χ1) is 21.8. The van der Waals surface area contributed by atoms with Crippen molar-refractivity contribution in [2.24, 2.45) is 0 Å². The van der Waals surface area contributed by atoms with E-state index in [9.17, 15) is 14.7 Å². The zero-order valence-electron chi connectivity index (χ0n) is 27.5. The van der Waals surface area contributed by atoms with Crippen molar-refractivity contribution in [1.29, 1.82) is 0 Å². The molecule has 2 aromatic carbocycles. The second-order valence-corrected chi connectivity index (χ2v) is 12.0. The number of rotatable bonds is 18. The first-order valence-electron chi connectivity index (χ1n) is 16.6. The molecule has 2 aromatic heterocycles. The van der Waals surface area contributed by atoms with Gasteiger partial charge < -0.3 is 20.3 Å². The number of carboxylic acids is 1. The van der Waals surface area contributed by atoms with Gasteiger partial charge in [0.1, 0.15) is 11.3 Å². The number of carboxylic acid groups (broad SMARTS) is 1. The van der Waals surface area contributed by atoms with Gasteiger partial charge in [-0.3, -0.25) is 14.5 Å². The topological polar surface area (TPSA) is 118 Å². The quantitative estimate of drug-likeness (QED) is 0.136. The number of nitrogens with two attached hydrogens (primary N) is 1. The van der Waals surface area contributed by atoms with Gasteiger partial charge in [-0.2, -0.15) is 0 Å². The van der Waals surface area contributed by atoms with Crippen LogP contribution in [0, 0.1) is 0 Å². The van der Waals surface area contributed by atoms with E-state index >= 15 is 0 Å². The fourth-order valence-corrected chi connectivity index (χ4v) is 6.24. The predicted octanol–water partition coefficient (Wildman–Crippen LogP) is 6.24. The standard InChI is InChI=1S/C36H50N6O3/c1-5-9-15-31-39-34-35(29-13-10-11-14-30(29)38-36(34)37)42(31)21-12-20-41(32(43)25-40(18-6-2)19-7-3)24-28-22-26(23-33(44)45)16-17-27(28)8-4/h10-11,13-14,16-17,22H,5-9,12,15,18-21,23-25H2,1-4H3,(H2,37,38)(H,44,45). The highest BCUT2D eigenvalue weighted by atomic mass is 16.4. The van der Waals surface area contributed by atoms with Crippen molar-refractivity contribution >= 4 is 39.6 Å². The van der Waals surface area contributed by atoms with E-state index in [1.54, 1.807) is 0 Å². The Labute approximate surface area is 267 Å². The molecule has 0 radical (unpaired) electrons. The maximum Gasteiger partial charge on any atom is 0.307 e. The fraction of sp³-hybridized carbons (Fsp3) is 0.500. The summed E-state index contributed by atoms with van der Waals surface area (Å²) in [7, 11) is 0. The molecule has 1 amide bonds. The average Bonchev–Trinajstić information content (AvgIpc) is 3.38. The molecule has 45 heavy (non-hydrogen) atoms. The van der Waals surface area contributed by atoms with E-state index in [1.807, 2.05) is 41.3 Å². The molecule has 3 N–H and O–H groups in total. The van der Waals surface area contributed by atoms with Gasteiger partial charge in [-0.15, -0.1) is 0 Å². The van der Waals surface area contributed by atoms with E-state index < -0.39 is 5.97 Å². The van der Waals surface area contributed by atoms with Crippen LogP contribution in [0.2, 0.25) is 0 Å². The average molecular weight is 615 g/mol. The van der Waals surface area contributed by atoms with E-state index in [2.05, 4.69) is 48.2 Å². The molecule has 0 aliphatic carbocycles. The van der Waals surface area contributed by atoms with Gasteiger partial charge in [-0.05, 0) is 68.0 Å². The molecule has 9 heteroatoms. The van der Waals surface area contributed by atoms with Gasteiger partial charge in [-0.1, -0.05) is 70.5 Å². The summed E-state index contributed by atoms with van der Waals surface area (Å²) >= 11 is 0. The lowest BCUT2D eigenvalue weighted by Crippen LogP contribution is -2.41. The Bertz CT molecular complexity index is 1590. The van der Waals surface area contributed by atoms with Crippen LogP contribution >= 0.6 is 0 Å². The zero-order valence-corrected chi connectivity index (χ0v) is 27.5. The molecular formula is C36H50N6O3. The van der Waals surface area contributed by atoms with Crippen molar-refractivity contribution in [3.05, 3.63) is 65.0 Å². The number of anilines is 1. The highest BCUT2D eigenvalue weighted by Crippen LogP contribution is 2.29. The summed E-state index contributed by atoms with van der Waals surface area (Å²) in [4.78, 5) is 39.2. The van der Waals surface area contributed by atoms with Crippen LogP contribution in [-0.4, -0.2) is 67.5 Å². The molecular weight excluding hydrogens is 564 g/mol. The number of aliphatic carboxylic acids is 1. The van der Waals surface area contributed by atoms with E-state index in [0.717, 1.165) is 102 Å². The lowest BCUT2D eigenvalue weighted by Gasteiger charge is -2.28. The number of para-hydroxylation sites is 1.